The van der Waals surface area contributed by atoms with E-state index in [2.05, 4.69) is 6.58 Å². The maximum atomic E-state index is 11.0. The lowest BCUT2D eigenvalue weighted by molar-refractivity contribution is -0.138. The van der Waals surface area contributed by atoms with Crippen molar-refractivity contribution in [2.45, 2.75) is 5.60 Å². The van der Waals surface area contributed by atoms with Crippen LogP contribution >= 0.6 is 0 Å². The molecule has 2 N–H and O–H groups in total. The predicted molar refractivity (Wildman–Crippen MR) is 75.3 cm³/mol. The molecule has 0 aliphatic heterocycles. The first kappa shape index (κ1) is 14.1. The molecule has 4 heteroatoms. The molecule has 0 saturated carbocycles. The lowest BCUT2D eigenvalue weighted by Crippen LogP contribution is -2.29. The normalized spacial score (nSPS) is 24.5. The number of carbonyl (C=O) groups is 1. The average molecular weight is 272 g/mol. The van der Waals surface area contributed by atoms with E-state index in [0.29, 0.717) is 5.56 Å². The van der Waals surface area contributed by atoms with Gasteiger partial charge in [0.15, 0.2) is 0 Å². The summed E-state index contributed by atoms with van der Waals surface area (Å²) in [6, 6.07) is 6.82. The molecule has 1 aromatic carbocycles. The molecule has 20 heavy (non-hydrogen) atoms. The van der Waals surface area contributed by atoms with Crippen LogP contribution in [0.4, 0.5) is 0 Å². The second-order valence-electron chi connectivity index (χ2n) is 4.49. The largest absolute Gasteiger partial charge is 0.508 e. The Morgan fingerprint density at radius 2 is 2.00 bits per heavy atom. The van der Waals surface area contributed by atoms with Crippen LogP contribution in [-0.4, -0.2) is 22.8 Å². The van der Waals surface area contributed by atoms with E-state index in [9.17, 15) is 9.90 Å². The van der Waals surface area contributed by atoms with E-state index in [4.69, 9.17) is 9.84 Å². The third kappa shape index (κ3) is 2.65. The van der Waals surface area contributed by atoms with Gasteiger partial charge in [0, 0.05) is 5.56 Å². The summed E-state index contributed by atoms with van der Waals surface area (Å²) in [6.45, 7) is 3.88. The van der Waals surface area contributed by atoms with Crippen LogP contribution in [-0.2, 0) is 15.1 Å². The van der Waals surface area contributed by atoms with Crippen LogP contribution in [0.2, 0.25) is 0 Å². The fourth-order valence-electron chi connectivity index (χ4n) is 2.13. The Kier molecular flexibility index (Phi) is 4.05. The SMILES string of the molecule is C=CCOC1(c2ccccc2O)C=CC(C(=O)O)C=C1. The smallest absolute Gasteiger partial charge is 0.314 e. The molecule has 1 aliphatic carbocycles. The number of aromatic hydroxyl groups is 1. The average Bonchev–Trinajstić information content (AvgIpc) is 2.46. The first-order valence-corrected chi connectivity index (χ1v) is 6.24. The summed E-state index contributed by atoms with van der Waals surface area (Å²) in [6.07, 6.45) is 8.02. The number of carboxylic acids is 1. The van der Waals surface area contributed by atoms with Gasteiger partial charge < -0.3 is 14.9 Å². The van der Waals surface area contributed by atoms with Crippen molar-refractivity contribution in [3.05, 3.63) is 66.8 Å². The highest BCUT2D eigenvalue weighted by Crippen LogP contribution is 2.38. The van der Waals surface area contributed by atoms with Crippen LogP contribution in [0, 0.1) is 5.92 Å². The maximum Gasteiger partial charge on any atom is 0.314 e. The Bertz CT molecular complexity index is 558. The van der Waals surface area contributed by atoms with Gasteiger partial charge in [0.25, 0.3) is 0 Å². The number of carboxylic acid groups (broad SMARTS) is 1. The fourth-order valence-corrected chi connectivity index (χ4v) is 2.13. The van der Waals surface area contributed by atoms with Crippen LogP contribution in [0.5, 0.6) is 5.75 Å². The highest BCUT2D eigenvalue weighted by atomic mass is 16.5. The number of hydrogen-bond acceptors (Lipinski definition) is 3. The predicted octanol–water partition coefficient (Wildman–Crippen LogP) is 2.62. The van der Waals surface area contributed by atoms with Gasteiger partial charge in [-0.25, -0.2) is 0 Å². The van der Waals surface area contributed by atoms with Gasteiger partial charge in [-0.1, -0.05) is 36.4 Å². The number of hydrogen-bond donors (Lipinski definition) is 2. The molecule has 1 aliphatic rings. The minimum atomic E-state index is -0.967. The first-order valence-electron chi connectivity index (χ1n) is 6.24. The Labute approximate surface area is 117 Å². The van der Waals surface area contributed by atoms with E-state index in [1.54, 1.807) is 54.6 Å². The van der Waals surface area contributed by atoms with Crippen LogP contribution in [0.15, 0.2) is 61.2 Å². The van der Waals surface area contributed by atoms with Crippen LogP contribution in [0.1, 0.15) is 5.56 Å². The number of rotatable bonds is 5. The Morgan fingerprint density at radius 3 is 2.55 bits per heavy atom. The molecule has 0 atom stereocenters. The zero-order valence-corrected chi connectivity index (χ0v) is 10.9. The van der Waals surface area contributed by atoms with Crippen molar-refractivity contribution in [3.8, 4) is 5.75 Å². The second-order valence-corrected chi connectivity index (χ2v) is 4.49. The van der Waals surface area contributed by atoms with Gasteiger partial charge in [-0.3, -0.25) is 4.79 Å². The van der Waals surface area contributed by atoms with Gasteiger partial charge in [-0.2, -0.15) is 0 Å². The van der Waals surface area contributed by atoms with Gasteiger partial charge in [-0.05, 0) is 18.2 Å². The monoisotopic (exact) mass is 272 g/mol. The first-order chi connectivity index (χ1) is 9.59. The zero-order chi connectivity index (χ0) is 14.6. The summed E-state index contributed by atoms with van der Waals surface area (Å²) in [5.74, 6) is -1.51. The van der Waals surface area contributed by atoms with E-state index in [0.717, 1.165) is 0 Å². The molecule has 4 nitrogen and oxygen atoms in total. The van der Waals surface area contributed by atoms with Gasteiger partial charge in [0.05, 0.1) is 12.5 Å². The highest BCUT2D eigenvalue weighted by Gasteiger charge is 2.33. The summed E-state index contributed by atoms with van der Waals surface area (Å²) in [7, 11) is 0. The summed E-state index contributed by atoms with van der Waals surface area (Å²) < 4.78 is 5.77. The molecule has 0 bridgehead atoms. The van der Waals surface area contributed by atoms with Crippen molar-refractivity contribution in [1.29, 1.82) is 0 Å². The third-order valence-electron chi connectivity index (χ3n) is 3.15. The van der Waals surface area contributed by atoms with Crippen molar-refractivity contribution in [2.75, 3.05) is 6.61 Å². The lowest BCUT2D eigenvalue weighted by Gasteiger charge is -2.31. The van der Waals surface area contributed by atoms with E-state index in [1.165, 1.54) is 0 Å². The van der Waals surface area contributed by atoms with Crippen molar-refractivity contribution in [3.63, 3.8) is 0 Å². The Hall–Kier alpha value is -2.33. The molecule has 0 saturated heterocycles. The number of ether oxygens (including phenoxy) is 1. The quantitative estimate of drug-likeness (QED) is 0.809. The van der Waals surface area contributed by atoms with Crippen LogP contribution in [0.3, 0.4) is 0 Å². The van der Waals surface area contributed by atoms with E-state index in [-0.39, 0.29) is 12.4 Å². The maximum absolute atomic E-state index is 11.0. The molecular weight excluding hydrogens is 256 g/mol. The number of para-hydroxylation sites is 1. The van der Waals surface area contributed by atoms with Gasteiger partial charge >= 0.3 is 5.97 Å². The summed E-state index contributed by atoms with van der Waals surface area (Å²) in [5.41, 5.74) is -0.399. The summed E-state index contributed by atoms with van der Waals surface area (Å²) >= 11 is 0. The van der Waals surface area contributed by atoms with Crippen molar-refractivity contribution in [2.24, 2.45) is 5.92 Å². The van der Waals surface area contributed by atoms with Crippen LogP contribution < -0.4 is 0 Å². The standard InChI is InChI=1S/C16H16O4/c1-2-11-20-16(13-5-3-4-6-14(13)17)9-7-12(8-10-16)15(18)19/h2-10,12,17H,1,11H2,(H,18,19). The van der Waals surface area contributed by atoms with Crippen LogP contribution in [0.25, 0.3) is 0 Å². The third-order valence-corrected chi connectivity index (χ3v) is 3.15. The topological polar surface area (TPSA) is 66.8 Å². The lowest BCUT2D eigenvalue weighted by atomic mass is 9.85. The minimum Gasteiger partial charge on any atom is -0.508 e. The molecule has 0 unspecified atom stereocenters. The number of benzene rings is 1. The molecule has 2 rings (SSSR count). The van der Waals surface area contributed by atoms with E-state index < -0.39 is 17.5 Å². The summed E-state index contributed by atoms with van der Waals surface area (Å²) in [5, 5.41) is 19.0. The number of phenols is 1. The van der Waals surface area contributed by atoms with Crippen molar-refractivity contribution >= 4 is 5.97 Å². The number of phenolic OH excluding ortho intramolecular Hbond substituents is 1. The Balaban J connectivity index is 2.41. The highest BCUT2D eigenvalue weighted by molar-refractivity contribution is 5.75. The van der Waals surface area contributed by atoms with Gasteiger partial charge in [0.1, 0.15) is 11.4 Å². The number of aliphatic carboxylic acids is 1. The molecule has 104 valence electrons. The summed E-state index contributed by atoms with van der Waals surface area (Å²) in [4.78, 5) is 11.0. The molecule has 0 fully saturated rings. The zero-order valence-electron chi connectivity index (χ0n) is 10.9. The molecular formula is C16H16O4. The molecule has 0 heterocycles. The fraction of sp³-hybridized carbons (Fsp3) is 0.188. The van der Waals surface area contributed by atoms with Gasteiger partial charge in [-0.15, -0.1) is 6.58 Å². The minimum absolute atomic E-state index is 0.0969. The van der Waals surface area contributed by atoms with Crippen molar-refractivity contribution < 1.29 is 19.7 Å². The molecule has 0 amide bonds. The van der Waals surface area contributed by atoms with E-state index in [1.807, 2.05) is 0 Å². The second kappa shape index (κ2) is 5.75. The molecule has 1 aromatic rings. The molecule has 0 spiro atoms. The Morgan fingerprint density at radius 1 is 1.35 bits per heavy atom. The van der Waals surface area contributed by atoms with E-state index >= 15 is 0 Å². The van der Waals surface area contributed by atoms with Crippen molar-refractivity contribution in [1.82, 2.24) is 0 Å². The molecule has 0 radical (unpaired) electrons. The molecule has 0 aromatic heterocycles. The van der Waals surface area contributed by atoms with Gasteiger partial charge in [0.2, 0.25) is 0 Å².